The molecule has 0 bridgehead atoms. The number of carbonyl (C=O) groups is 2. The van der Waals surface area contributed by atoms with Crippen molar-refractivity contribution in [3.8, 4) is 17.2 Å². The zero-order valence-electron chi connectivity index (χ0n) is 15.1. The van der Waals surface area contributed by atoms with Crippen LogP contribution in [0.4, 0.5) is 0 Å². The molecule has 2 amide bonds. The molecule has 1 heterocycles. The summed E-state index contributed by atoms with van der Waals surface area (Å²) in [6.07, 6.45) is 0. The van der Waals surface area contributed by atoms with Crippen LogP contribution in [0.1, 0.15) is 9.67 Å². The van der Waals surface area contributed by atoms with Gasteiger partial charge in [0.2, 0.25) is 0 Å². The van der Waals surface area contributed by atoms with Gasteiger partial charge in [-0.05, 0) is 30.3 Å². The molecule has 0 spiro atoms. The summed E-state index contributed by atoms with van der Waals surface area (Å²) in [5.74, 6) is 0.549. The van der Waals surface area contributed by atoms with Gasteiger partial charge in [0.15, 0.2) is 18.1 Å². The van der Waals surface area contributed by atoms with Crippen molar-refractivity contribution in [2.24, 2.45) is 0 Å². The van der Waals surface area contributed by atoms with Crippen molar-refractivity contribution in [2.45, 2.75) is 0 Å². The van der Waals surface area contributed by atoms with E-state index in [0.717, 1.165) is 10.1 Å². The van der Waals surface area contributed by atoms with Gasteiger partial charge in [-0.1, -0.05) is 23.7 Å². The average molecular weight is 421 g/mol. The number of hydrogen-bond donors (Lipinski definition) is 2. The van der Waals surface area contributed by atoms with Gasteiger partial charge in [-0.15, -0.1) is 11.3 Å². The second-order valence-corrected chi connectivity index (χ2v) is 6.98. The molecule has 2 aromatic carbocycles. The second kappa shape index (κ2) is 8.81. The summed E-state index contributed by atoms with van der Waals surface area (Å²) in [5.41, 5.74) is 4.64. The summed E-state index contributed by atoms with van der Waals surface area (Å²) in [5, 5.41) is 1.06. The number of halogens is 1. The van der Waals surface area contributed by atoms with Gasteiger partial charge in [0.25, 0.3) is 11.8 Å². The van der Waals surface area contributed by atoms with Crippen LogP contribution in [0.5, 0.6) is 17.2 Å². The Balaban J connectivity index is 1.60. The maximum Gasteiger partial charge on any atom is 0.281 e. The molecular weight excluding hydrogens is 404 g/mol. The number of amides is 2. The van der Waals surface area contributed by atoms with Crippen LogP contribution in [0, 0.1) is 0 Å². The summed E-state index contributed by atoms with van der Waals surface area (Å²) < 4.78 is 16.5. The monoisotopic (exact) mass is 420 g/mol. The number of hydrogen-bond acceptors (Lipinski definition) is 6. The number of rotatable bonds is 6. The third kappa shape index (κ3) is 4.29. The minimum Gasteiger partial charge on any atom is -0.497 e. The molecule has 0 saturated heterocycles. The first-order chi connectivity index (χ1) is 13.5. The fraction of sp³-hybridized carbons (Fsp3) is 0.158. The Morgan fingerprint density at radius 3 is 2.50 bits per heavy atom. The maximum absolute atomic E-state index is 12.4. The molecule has 3 aromatic rings. The van der Waals surface area contributed by atoms with Crippen LogP contribution in [0.15, 0.2) is 42.5 Å². The van der Waals surface area contributed by atoms with Crippen molar-refractivity contribution < 1.29 is 23.8 Å². The first-order valence-corrected chi connectivity index (χ1v) is 9.34. The van der Waals surface area contributed by atoms with Crippen LogP contribution in [0.3, 0.4) is 0 Å². The molecule has 0 saturated carbocycles. The molecule has 1 aromatic heterocycles. The predicted octanol–water partition coefficient (Wildman–Crippen LogP) is 3.41. The summed E-state index contributed by atoms with van der Waals surface area (Å²) in [4.78, 5) is 24.6. The van der Waals surface area contributed by atoms with Crippen molar-refractivity contribution >= 4 is 44.8 Å². The SMILES string of the molecule is COc1ccc2c(Cl)c(C(=O)NNC(=O)COc3ccccc3OC)sc2c1. The lowest BCUT2D eigenvalue weighted by atomic mass is 10.2. The van der Waals surface area contributed by atoms with Crippen molar-refractivity contribution in [3.05, 3.63) is 52.4 Å². The number of nitrogens with one attached hydrogen (secondary N) is 2. The standard InChI is InChI=1S/C19H17ClN2O5S/c1-25-11-7-8-12-15(9-11)28-18(17(12)20)19(24)22-21-16(23)10-27-14-6-4-3-5-13(14)26-2/h3-9H,10H2,1-2H3,(H,21,23)(H,22,24). The van der Waals surface area contributed by atoms with Gasteiger partial charge in [-0.3, -0.25) is 20.4 Å². The number of methoxy groups -OCH3 is 2. The molecule has 0 unspecified atom stereocenters. The lowest BCUT2D eigenvalue weighted by molar-refractivity contribution is -0.123. The van der Waals surface area contributed by atoms with E-state index in [-0.39, 0.29) is 11.5 Å². The van der Waals surface area contributed by atoms with Gasteiger partial charge in [-0.25, -0.2) is 0 Å². The van der Waals surface area contributed by atoms with Crippen LogP contribution in [0.2, 0.25) is 5.02 Å². The molecule has 3 rings (SSSR count). The number of carbonyl (C=O) groups excluding carboxylic acids is 2. The van der Waals surface area contributed by atoms with Gasteiger partial charge in [0, 0.05) is 10.1 Å². The van der Waals surface area contributed by atoms with E-state index in [9.17, 15) is 9.59 Å². The van der Waals surface area contributed by atoms with Gasteiger partial charge in [-0.2, -0.15) is 0 Å². The van der Waals surface area contributed by atoms with E-state index < -0.39 is 11.8 Å². The molecule has 0 aliphatic carbocycles. The zero-order valence-corrected chi connectivity index (χ0v) is 16.6. The molecule has 7 nitrogen and oxygen atoms in total. The highest BCUT2D eigenvalue weighted by Crippen LogP contribution is 2.37. The molecule has 0 fully saturated rings. The number of fused-ring (bicyclic) bond motifs is 1. The Morgan fingerprint density at radius 2 is 1.79 bits per heavy atom. The van der Waals surface area contributed by atoms with E-state index in [0.29, 0.717) is 22.3 Å². The molecule has 28 heavy (non-hydrogen) atoms. The van der Waals surface area contributed by atoms with E-state index in [2.05, 4.69) is 10.9 Å². The maximum atomic E-state index is 12.4. The Labute approximate surface area is 170 Å². The van der Waals surface area contributed by atoms with Crippen molar-refractivity contribution in [1.82, 2.24) is 10.9 Å². The van der Waals surface area contributed by atoms with Gasteiger partial charge in [0.05, 0.1) is 19.2 Å². The highest BCUT2D eigenvalue weighted by Gasteiger charge is 2.18. The largest absolute Gasteiger partial charge is 0.497 e. The van der Waals surface area contributed by atoms with E-state index >= 15 is 0 Å². The first kappa shape index (κ1) is 19.8. The van der Waals surface area contributed by atoms with Crippen LogP contribution in [-0.2, 0) is 4.79 Å². The Morgan fingerprint density at radius 1 is 1.04 bits per heavy atom. The van der Waals surface area contributed by atoms with Crippen LogP contribution in [0.25, 0.3) is 10.1 Å². The smallest absolute Gasteiger partial charge is 0.281 e. The number of ether oxygens (including phenoxy) is 3. The lowest BCUT2D eigenvalue weighted by Gasteiger charge is -2.10. The zero-order chi connectivity index (χ0) is 20.1. The molecular formula is C19H17ClN2O5S. The second-order valence-electron chi connectivity index (χ2n) is 5.55. The number of hydrazine groups is 1. The predicted molar refractivity (Wildman–Crippen MR) is 107 cm³/mol. The van der Waals surface area contributed by atoms with E-state index in [1.807, 2.05) is 0 Å². The molecule has 0 aliphatic heterocycles. The highest BCUT2D eigenvalue weighted by atomic mass is 35.5. The average Bonchev–Trinajstić information content (AvgIpc) is 3.06. The van der Waals surface area contributed by atoms with E-state index in [1.165, 1.54) is 18.4 Å². The summed E-state index contributed by atoms with van der Waals surface area (Å²) in [7, 11) is 3.07. The van der Waals surface area contributed by atoms with Crippen molar-refractivity contribution in [3.63, 3.8) is 0 Å². The Kier molecular flexibility index (Phi) is 6.23. The lowest BCUT2D eigenvalue weighted by Crippen LogP contribution is -2.43. The number of para-hydroxylation sites is 2. The van der Waals surface area contributed by atoms with E-state index in [4.69, 9.17) is 25.8 Å². The normalized spacial score (nSPS) is 10.4. The molecule has 0 atom stereocenters. The highest BCUT2D eigenvalue weighted by molar-refractivity contribution is 7.21. The third-order valence-corrected chi connectivity index (χ3v) is 5.44. The number of thiophene rings is 1. The minimum atomic E-state index is -0.529. The van der Waals surface area contributed by atoms with Gasteiger partial charge < -0.3 is 14.2 Å². The quantitative estimate of drug-likeness (QED) is 0.597. The van der Waals surface area contributed by atoms with Crippen LogP contribution in [-0.4, -0.2) is 32.6 Å². The first-order valence-electron chi connectivity index (χ1n) is 8.14. The van der Waals surface area contributed by atoms with Gasteiger partial charge >= 0.3 is 0 Å². The molecule has 0 aliphatic rings. The van der Waals surface area contributed by atoms with Gasteiger partial charge in [0.1, 0.15) is 10.6 Å². The molecule has 146 valence electrons. The summed E-state index contributed by atoms with van der Waals surface area (Å²) >= 11 is 7.50. The fourth-order valence-electron chi connectivity index (χ4n) is 2.42. The summed E-state index contributed by atoms with van der Waals surface area (Å²) in [6.45, 7) is -0.294. The number of benzene rings is 2. The van der Waals surface area contributed by atoms with Crippen LogP contribution >= 0.6 is 22.9 Å². The Bertz CT molecular complexity index is 1020. The van der Waals surface area contributed by atoms with Crippen molar-refractivity contribution in [1.29, 1.82) is 0 Å². The summed E-state index contributed by atoms with van der Waals surface area (Å²) in [6, 6.07) is 12.3. The Hall–Kier alpha value is -2.97. The molecule has 9 heteroatoms. The van der Waals surface area contributed by atoms with Crippen molar-refractivity contribution in [2.75, 3.05) is 20.8 Å². The minimum absolute atomic E-state index is 0.288. The fourth-order valence-corrected chi connectivity index (χ4v) is 3.86. The molecule has 0 radical (unpaired) electrons. The molecule has 2 N–H and O–H groups in total. The van der Waals surface area contributed by atoms with Crippen LogP contribution < -0.4 is 25.1 Å². The third-order valence-electron chi connectivity index (χ3n) is 3.79. The van der Waals surface area contributed by atoms with E-state index in [1.54, 1.807) is 49.6 Å². The topological polar surface area (TPSA) is 85.9 Å².